The lowest BCUT2D eigenvalue weighted by atomic mass is 10.0. The van der Waals surface area contributed by atoms with Crippen LogP contribution >= 0.6 is 0 Å². The van der Waals surface area contributed by atoms with Crippen molar-refractivity contribution >= 4 is 18.0 Å². The predicted octanol–water partition coefficient (Wildman–Crippen LogP) is 2.53. The van der Waals surface area contributed by atoms with Gasteiger partial charge in [0.25, 0.3) is 0 Å². The maximum Gasteiger partial charge on any atom is 0.328 e. The molecule has 2 heterocycles. The number of aromatic amines is 1. The Morgan fingerprint density at radius 3 is 2.77 bits per heavy atom. The van der Waals surface area contributed by atoms with Crippen molar-refractivity contribution in [1.29, 1.82) is 0 Å². The standard InChI is InChI=1S/C25H36N6O4/c1-4-5-6-7-12-26-24(33)29-21-10-14-31(15-11-21)25(34)30-22(23(32)35-3)17-20-9-8-13-27-28-18-19(2)16-20/h4-9,13,16,18,21-22,27H,10-12,14-15,17H2,1-3H3,(H,30,34)(H2,26,29,33)/b5-4-,7-6-,13-8?,19-16?,20-9?,28-18?. The Kier molecular flexibility index (Phi) is 11.9. The predicted molar refractivity (Wildman–Crippen MR) is 134 cm³/mol. The number of methoxy groups -OCH3 is 1. The number of carbonyl (C=O) groups excluding carboxylic acids is 3. The van der Waals surface area contributed by atoms with Crippen molar-refractivity contribution in [3.8, 4) is 0 Å². The summed E-state index contributed by atoms with van der Waals surface area (Å²) in [6.07, 6.45) is 12.4. The molecule has 190 valence electrons. The third kappa shape index (κ3) is 10.3. The molecule has 2 rings (SSSR count). The number of carbonyl (C=O) groups is 3. The van der Waals surface area contributed by atoms with Crippen LogP contribution in [0.25, 0.3) is 0 Å². The molecule has 10 nitrogen and oxygen atoms in total. The number of amides is 4. The fourth-order valence-electron chi connectivity index (χ4n) is 3.59. The number of aryl methyl sites for hydroxylation is 1. The number of H-pyrrole nitrogens is 1. The molecular weight excluding hydrogens is 448 g/mol. The lowest BCUT2D eigenvalue weighted by Crippen LogP contribution is -2.54. The van der Waals surface area contributed by atoms with Crippen LogP contribution in [0.5, 0.6) is 0 Å². The number of piperidine rings is 1. The molecule has 0 radical (unpaired) electrons. The highest BCUT2D eigenvalue weighted by Gasteiger charge is 2.28. The van der Waals surface area contributed by atoms with Crippen molar-refractivity contribution in [2.75, 3.05) is 26.7 Å². The van der Waals surface area contributed by atoms with Gasteiger partial charge in [-0.3, -0.25) is 5.10 Å². The normalized spacial score (nSPS) is 14.9. The van der Waals surface area contributed by atoms with Gasteiger partial charge in [0.15, 0.2) is 0 Å². The first kappa shape index (κ1) is 27.4. The monoisotopic (exact) mass is 484 g/mol. The summed E-state index contributed by atoms with van der Waals surface area (Å²) in [7, 11) is 1.30. The highest BCUT2D eigenvalue weighted by molar-refractivity contribution is 5.84. The topological polar surface area (TPSA) is 128 Å². The number of nitrogens with one attached hydrogen (secondary N) is 4. The first-order valence-corrected chi connectivity index (χ1v) is 11.7. The number of esters is 1. The summed E-state index contributed by atoms with van der Waals surface area (Å²) >= 11 is 0. The molecule has 4 N–H and O–H groups in total. The number of hydrogen-bond donors (Lipinski definition) is 4. The first-order valence-electron chi connectivity index (χ1n) is 11.7. The van der Waals surface area contributed by atoms with Gasteiger partial charge in [0.1, 0.15) is 6.04 Å². The minimum atomic E-state index is -0.834. The molecule has 0 bridgehead atoms. The van der Waals surface area contributed by atoms with Crippen LogP contribution in [0.4, 0.5) is 9.59 Å². The van der Waals surface area contributed by atoms with Gasteiger partial charge in [-0.1, -0.05) is 36.4 Å². The molecule has 1 saturated heterocycles. The van der Waals surface area contributed by atoms with E-state index in [9.17, 15) is 14.4 Å². The highest BCUT2D eigenvalue weighted by atomic mass is 16.5. The lowest BCUT2D eigenvalue weighted by molar-refractivity contribution is -0.142. The summed E-state index contributed by atoms with van der Waals surface area (Å²) in [4.78, 5) is 39.0. The summed E-state index contributed by atoms with van der Waals surface area (Å²) < 4.78 is 4.92. The second kappa shape index (κ2) is 15.2. The van der Waals surface area contributed by atoms with Crippen molar-refractivity contribution in [3.05, 3.63) is 66.0 Å². The zero-order valence-electron chi connectivity index (χ0n) is 20.6. The maximum atomic E-state index is 12.9. The van der Waals surface area contributed by atoms with Gasteiger partial charge >= 0.3 is 18.0 Å². The van der Waals surface area contributed by atoms with E-state index in [1.807, 2.05) is 50.3 Å². The van der Waals surface area contributed by atoms with E-state index in [2.05, 4.69) is 26.1 Å². The Morgan fingerprint density at radius 2 is 2.06 bits per heavy atom. The summed E-state index contributed by atoms with van der Waals surface area (Å²) in [6, 6.07) is 4.12. The molecular formula is C25H36N6O4. The number of hydrogen-bond acceptors (Lipinski definition) is 5. The Hall–Kier alpha value is -3.82. The van der Waals surface area contributed by atoms with Crippen molar-refractivity contribution in [3.63, 3.8) is 0 Å². The molecule has 1 atom stereocenters. The van der Waals surface area contributed by atoms with Gasteiger partial charge in [0.2, 0.25) is 0 Å². The quantitative estimate of drug-likeness (QED) is 0.333. The highest BCUT2D eigenvalue weighted by Crippen LogP contribution is 2.12. The Bertz CT molecular complexity index is 949. The first-order chi connectivity index (χ1) is 16.9. The van der Waals surface area contributed by atoms with Crippen molar-refractivity contribution in [1.82, 2.24) is 31.0 Å². The minimum absolute atomic E-state index is 0.0193. The number of ether oxygens (including phenoxy) is 1. The van der Waals surface area contributed by atoms with Crippen LogP contribution in [-0.4, -0.2) is 72.0 Å². The summed E-state index contributed by atoms with van der Waals surface area (Å²) in [5, 5.41) is 15.3. The third-order valence-corrected chi connectivity index (χ3v) is 5.40. The number of likely N-dealkylation sites (tertiary alicyclic amines) is 1. The molecule has 1 aromatic heterocycles. The molecule has 0 aromatic carbocycles. The number of nitrogens with zero attached hydrogens (tertiary/aromatic N) is 2. The van der Waals surface area contributed by atoms with Crippen LogP contribution in [0.1, 0.15) is 30.9 Å². The minimum Gasteiger partial charge on any atom is -0.467 e. The van der Waals surface area contributed by atoms with Crippen molar-refractivity contribution in [2.24, 2.45) is 0 Å². The van der Waals surface area contributed by atoms with Crippen LogP contribution in [0, 0.1) is 6.92 Å². The summed E-state index contributed by atoms with van der Waals surface area (Å²) in [5.41, 5.74) is 1.74. The van der Waals surface area contributed by atoms with Crippen LogP contribution in [-0.2, 0) is 16.0 Å². The third-order valence-electron chi connectivity index (χ3n) is 5.40. The molecule has 1 aromatic rings. The van der Waals surface area contributed by atoms with Crippen molar-refractivity contribution < 1.29 is 19.1 Å². The van der Waals surface area contributed by atoms with Gasteiger partial charge in [-0.25, -0.2) is 14.4 Å². The molecule has 0 aliphatic carbocycles. The Labute approximate surface area is 206 Å². The Balaban J connectivity index is 1.90. The largest absolute Gasteiger partial charge is 0.467 e. The molecule has 4 amide bonds. The fourth-order valence-corrected chi connectivity index (χ4v) is 3.59. The van der Waals surface area contributed by atoms with Crippen LogP contribution in [0.3, 0.4) is 0 Å². The van der Waals surface area contributed by atoms with Crippen LogP contribution in [0.15, 0.2) is 54.9 Å². The molecule has 1 aliphatic heterocycles. The number of allylic oxidation sites excluding steroid dienone is 3. The maximum absolute atomic E-state index is 12.9. The van der Waals surface area contributed by atoms with E-state index in [1.54, 1.807) is 23.4 Å². The van der Waals surface area contributed by atoms with E-state index >= 15 is 0 Å². The van der Waals surface area contributed by atoms with Crippen LogP contribution < -0.4 is 16.0 Å². The van der Waals surface area contributed by atoms with Gasteiger partial charge in [-0.05, 0) is 43.9 Å². The van der Waals surface area contributed by atoms with E-state index in [1.165, 1.54) is 7.11 Å². The van der Waals surface area contributed by atoms with E-state index < -0.39 is 12.0 Å². The lowest BCUT2D eigenvalue weighted by Gasteiger charge is -2.33. The number of rotatable bonds is 8. The SMILES string of the molecule is C/C=C\C=C/CNC(=O)NC1CCN(C(=O)NC(Cc2ccc[nH]ncc(C)c2)C(=O)OC)CC1. The zero-order chi connectivity index (χ0) is 25.5. The molecule has 10 heteroatoms. The second-order valence-electron chi connectivity index (χ2n) is 8.18. The number of urea groups is 2. The summed E-state index contributed by atoms with van der Waals surface area (Å²) in [6.45, 7) is 5.20. The second-order valence-corrected chi connectivity index (χ2v) is 8.18. The van der Waals surface area contributed by atoms with E-state index in [0.29, 0.717) is 32.5 Å². The van der Waals surface area contributed by atoms with E-state index in [0.717, 1.165) is 11.1 Å². The van der Waals surface area contributed by atoms with E-state index in [4.69, 9.17) is 4.74 Å². The molecule has 1 unspecified atom stereocenters. The van der Waals surface area contributed by atoms with Gasteiger partial charge in [0, 0.05) is 38.3 Å². The molecule has 1 aliphatic rings. The Morgan fingerprint density at radius 1 is 1.29 bits per heavy atom. The number of aromatic nitrogens is 2. The molecule has 1 fully saturated rings. The van der Waals surface area contributed by atoms with Gasteiger partial charge in [-0.2, -0.15) is 5.10 Å². The molecule has 0 saturated carbocycles. The van der Waals surface area contributed by atoms with E-state index in [-0.39, 0.29) is 24.5 Å². The average Bonchev–Trinajstić information content (AvgIpc) is 2.95. The average molecular weight is 485 g/mol. The summed E-state index contributed by atoms with van der Waals surface area (Å²) in [5.74, 6) is -0.516. The van der Waals surface area contributed by atoms with Crippen molar-refractivity contribution in [2.45, 2.75) is 45.2 Å². The van der Waals surface area contributed by atoms with Crippen LogP contribution in [0.2, 0.25) is 0 Å². The van der Waals surface area contributed by atoms with Gasteiger partial charge < -0.3 is 25.6 Å². The smallest absolute Gasteiger partial charge is 0.328 e. The van der Waals surface area contributed by atoms with Gasteiger partial charge in [-0.15, -0.1) is 0 Å². The van der Waals surface area contributed by atoms with Gasteiger partial charge in [0.05, 0.1) is 13.3 Å². The zero-order valence-corrected chi connectivity index (χ0v) is 20.6. The molecule has 0 spiro atoms. The molecule has 35 heavy (non-hydrogen) atoms. The fraction of sp³-hybridized carbons (Fsp3) is 0.440.